The standard InChI is InChI=1S/C15H16F2N2/c1-10(12-5-4-8-18-9-12)19-11(2)13-6-3-7-14(16)15(13)17/h3-11,19H,1-2H3/t10-,11?/m1/s1. The second-order valence-electron chi connectivity index (χ2n) is 4.54. The number of nitrogens with one attached hydrogen (secondary N) is 1. The predicted molar refractivity (Wildman–Crippen MR) is 70.6 cm³/mol. The van der Waals surface area contributed by atoms with E-state index in [0.29, 0.717) is 5.56 Å². The van der Waals surface area contributed by atoms with Crippen LogP contribution in [0.2, 0.25) is 0 Å². The van der Waals surface area contributed by atoms with Gasteiger partial charge in [-0.2, -0.15) is 0 Å². The van der Waals surface area contributed by atoms with Crippen LogP contribution in [0.1, 0.15) is 37.1 Å². The Labute approximate surface area is 111 Å². The van der Waals surface area contributed by atoms with Crippen LogP contribution in [-0.2, 0) is 0 Å². The summed E-state index contributed by atoms with van der Waals surface area (Å²) in [5.41, 5.74) is 1.34. The number of hydrogen-bond donors (Lipinski definition) is 1. The molecule has 0 radical (unpaired) electrons. The number of rotatable bonds is 4. The fourth-order valence-corrected chi connectivity index (χ4v) is 2.05. The summed E-state index contributed by atoms with van der Waals surface area (Å²) in [7, 11) is 0. The lowest BCUT2D eigenvalue weighted by molar-refractivity contribution is 0.448. The van der Waals surface area contributed by atoms with Crippen LogP contribution in [0.4, 0.5) is 8.78 Å². The quantitative estimate of drug-likeness (QED) is 0.907. The van der Waals surface area contributed by atoms with Gasteiger partial charge in [0.15, 0.2) is 11.6 Å². The molecule has 0 saturated heterocycles. The predicted octanol–water partition coefficient (Wildman–Crippen LogP) is 3.77. The first-order valence-corrected chi connectivity index (χ1v) is 6.19. The molecule has 100 valence electrons. The second-order valence-corrected chi connectivity index (χ2v) is 4.54. The molecule has 0 aliphatic rings. The first kappa shape index (κ1) is 13.6. The minimum atomic E-state index is -0.819. The van der Waals surface area contributed by atoms with E-state index in [1.54, 1.807) is 18.5 Å². The molecule has 2 aromatic rings. The summed E-state index contributed by atoms with van der Waals surface area (Å²) in [5, 5.41) is 3.23. The van der Waals surface area contributed by atoms with Gasteiger partial charge < -0.3 is 5.32 Å². The minimum absolute atomic E-state index is 0.00590. The molecule has 2 atom stereocenters. The van der Waals surface area contributed by atoms with Crippen LogP contribution in [-0.4, -0.2) is 4.98 Å². The maximum absolute atomic E-state index is 13.7. The Hall–Kier alpha value is -1.81. The van der Waals surface area contributed by atoms with Crippen LogP contribution >= 0.6 is 0 Å². The van der Waals surface area contributed by atoms with Gasteiger partial charge in [-0.05, 0) is 31.5 Å². The average Bonchev–Trinajstić information content (AvgIpc) is 2.42. The highest BCUT2D eigenvalue weighted by Crippen LogP contribution is 2.22. The molecule has 0 aliphatic heterocycles. The first-order chi connectivity index (χ1) is 9.09. The van der Waals surface area contributed by atoms with Gasteiger partial charge >= 0.3 is 0 Å². The zero-order valence-corrected chi connectivity index (χ0v) is 10.9. The summed E-state index contributed by atoms with van der Waals surface area (Å²) >= 11 is 0. The Balaban J connectivity index is 2.13. The molecular formula is C15H16F2N2. The number of hydrogen-bond acceptors (Lipinski definition) is 2. The Bertz CT molecular complexity index is 543. The lowest BCUT2D eigenvalue weighted by Crippen LogP contribution is -2.23. The third-order valence-corrected chi connectivity index (χ3v) is 3.13. The van der Waals surface area contributed by atoms with Gasteiger partial charge in [0, 0.05) is 30.0 Å². The summed E-state index contributed by atoms with van der Waals surface area (Å²) in [4.78, 5) is 4.04. The van der Waals surface area contributed by atoms with Gasteiger partial charge in [-0.1, -0.05) is 18.2 Å². The molecular weight excluding hydrogens is 246 g/mol. The Morgan fingerprint density at radius 1 is 1.05 bits per heavy atom. The van der Waals surface area contributed by atoms with Crippen molar-refractivity contribution >= 4 is 0 Å². The van der Waals surface area contributed by atoms with Crippen molar-refractivity contribution in [3.63, 3.8) is 0 Å². The van der Waals surface area contributed by atoms with Gasteiger partial charge in [-0.3, -0.25) is 4.98 Å². The smallest absolute Gasteiger partial charge is 0.163 e. The van der Waals surface area contributed by atoms with Crippen molar-refractivity contribution in [2.75, 3.05) is 0 Å². The number of aromatic nitrogens is 1. The van der Waals surface area contributed by atoms with Gasteiger partial charge in [0.25, 0.3) is 0 Å². The molecule has 0 saturated carbocycles. The van der Waals surface area contributed by atoms with E-state index in [1.807, 2.05) is 26.0 Å². The molecule has 0 bridgehead atoms. The Morgan fingerprint density at radius 2 is 1.84 bits per heavy atom. The molecule has 0 amide bonds. The van der Waals surface area contributed by atoms with E-state index in [2.05, 4.69) is 10.3 Å². The molecule has 0 aliphatic carbocycles. The summed E-state index contributed by atoms with van der Waals surface area (Å²) in [5.74, 6) is -1.61. The normalized spacial score (nSPS) is 14.1. The summed E-state index contributed by atoms with van der Waals surface area (Å²) < 4.78 is 26.9. The number of halogens is 2. The summed E-state index contributed by atoms with van der Waals surface area (Å²) in [6.45, 7) is 3.77. The van der Waals surface area contributed by atoms with Crippen molar-refractivity contribution in [2.45, 2.75) is 25.9 Å². The highest BCUT2D eigenvalue weighted by molar-refractivity contribution is 5.23. The summed E-state index contributed by atoms with van der Waals surface area (Å²) in [6.07, 6.45) is 3.46. The van der Waals surface area contributed by atoms with Crippen LogP contribution in [0.5, 0.6) is 0 Å². The first-order valence-electron chi connectivity index (χ1n) is 6.19. The van der Waals surface area contributed by atoms with Gasteiger partial charge in [-0.25, -0.2) is 8.78 Å². The molecule has 2 nitrogen and oxygen atoms in total. The van der Waals surface area contributed by atoms with E-state index in [9.17, 15) is 8.78 Å². The molecule has 1 unspecified atom stereocenters. The van der Waals surface area contributed by atoms with Crippen molar-refractivity contribution in [2.24, 2.45) is 0 Å². The minimum Gasteiger partial charge on any atom is -0.303 e. The van der Waals surface area contributed by atoms with E-state index < -0.39 is 11.6 Å². The molecule has 2 rings (SSSR count). The zero-order chi connectivity index (χ0) is 13.8. The van der Waals surface area contributed by atoms with Crippen molar-refractivity contribution < 1.29 is 8.78 Å². The van der Waals surface area contributed by atoms with E-state index in [4.69, 9.17) is 0 Å². The van der Waals surface area contributed by atoms with E-state index >= 15 is 0 Å². The third-order valence-electron chi connectivity index (χ3n) is 3.13. The van der Waals surface area contributed by atoms with Gasteiger partial charge in [0.1, 0.15) is 0 Å². The molecule has 0 fully saturated rings. The van der Waals surface area contributed by atoms with Crippen molar-refractivity contribution in [1.29, 1.82) is 0 Å². The maximum atomic E-state index is 13.7. The van der Waals surface area contributed by atoms with Crippen molar-refractivity contribution in [3.8, 4) is 0 Å². The Kier molecular flexibility index (Phi) is 4.22. The maximum Gasteiger partial charge on any atom is 0.163 e. The molecule has 1 aromatic heterocycles. The number of pyridine rings is 1. The molecule has 4 heteroatoms. The van der Waals surface area contributed by atoms with Gasteiger partial charge in [0.2, 0.25) is 0 Å². The second kappa shape index (κ2) is 5.89. The Morgan fingerprint density at radius 3 is 2.53 bits per heavy atom. The van der Waals surface area contributed by atoms with Crippen LogP contribution in [0.15, 0.2) is 42.7 Å². The van der Waals surface area contributed by atoms with Crippen molar-refractivity contribution in [1.82, 2.24) is 10.3 Å². The van der Waals surface area contributed by atoms with E-state index in [-0.39, 0.29) is 12.1 Å². The molecule has 1 heterocycles. The SMILES string of the molecule is CC(N[C@H](C)c1cccnc1)c1cccc(F)c1F. The average molecular weight is 262 g/mol. The van der Waals surface area contributed by atoms with Crippen LogP contribution in [0.3, 0.4) is 0 Å². The van der Waals surface area contributed by atoms with Gasteiger partial charge in [0.05, 0.1) is 0 Å². The van der Waals surface area contributed by atoms with E-state index in [1.165, 1.54) is 6.07 Å². The molecule has 1 aromatic carbocycles. The lowest BCUT2D eigenvalue weighted by Gasteiger charge is -2.21. The third kappa shape index (κ3) is 3.15. The highest BCUT2D eigenvalue weighted by atomic mass is 19.2. The fourth-order valence-electron chi connectivity index (χ4n) is 2.05. The highest BCUT2D eigenvalue weighted by Gasteiger charge is 2.16. The van der Waals surface area contributed by atoms with E-state index in [0.717, 1.165) is 11.6 Å². The largest absolute Gasteiger partial charge is 0.303 e. The topological polar surface area (TPSA) is 24.9 Å². The fraction of sp³-hybridized carbons (Fsp3) is 0.267. The zero-order valence-electron chi connectivity index (χ0n) is 10.9. The lowest BCUT2D eigenvalue weighted by atomic mass is 10.0. The monoisotopic (exact) mass is 262 g/mol. The number of nitrogens with zero attached hydrogens (tertiary/aromatic N) is 1. The summed E-state index contributed by atoms with van der Waals surface area (Å²) in [6, 6.07) is 7.74. The molecule has 1 N–H and O–H groups in total. The molecule has 0 spiro atoms. The number of benzene rings is 1. The van der Waals surface area contributed by atoms with Crippen LogP contribution < -0.4 is 5.32 Å². The van der Waals surface area contributed by atoms with Gasteiger partial charge in [-0.15, -0.1) is 0 Å². The van der Waals surface area contributed by atoms with Crippen molar-refractivity contribution in [3.05, 3.63) is 65.5 Å². The van der Waals surface area contributed by atoms with Crippen LogP contribution in [0, 0.1) is 11.6 Å². The van der Waals surface area contributed by atoms with Crippen LogP contribution in [0.25, 0.3) is 0 Å². The molecule has 19 heavy (non-hydrogen) atoms.